The van der Waals surface area contributed by atoms with Crippen molar-refractivity contribution in [2.45, 2.75) is 20.1 Å². The normalized spacial score (nSPS) is 11.4. The van der Waals surface area contributed by atoms with Crippen LogP contribution in [0.1, 0.15) is 16.8 Å². The molecule has 0 atom stereocenters. The first kappa shape index (κ1) is 19.1. The van der Waals surface area contributed by atoms with Crippen molar-refractivity contribution >= 4 is 16.7 Å². The molecule has 0 unspecified atom stereocenters. The SMILES string of the molecule is COCc1nn2c(nnc3c(=O)n(Cc4ccc(C)cc4)ccc32)c1-c1ccccc1. The predicted molar refractivity (Wildman–Crippen MR) is 119 cm³/mol. The number of hydrogen-bond acceptors (Lipinski definition) is 5. The fourth-order valence-corrected chi connectivity index (χ4v) is 3.78. The number of aryl methyl sites for hydroxylation is 1. The zero-order valence-electron chi connectivity index (χ0n) is 17.3. The molecule has 5 aromatic rings. The van der Waals surface area contributed by atoms with Gasteiger partial charge in [-0.2, -0.15) is 5.10 Å². The molecule has 5 rings (SSSR count). The third-order valence-corrected chi connectivity index (χ3v) is 5.34. The van der Waals surface area contributed by atoms with Gasteiger partial charge in [0, 0.05) is 13.3 Å². The van der Waals surface area contributed by atoms with Crippen LogP contribution in [0.25, 0.3) is 27.8 Å². The summed E-state index contributed by atoms with van der Waals surface area (Å²) in [6.07, 6.45) is 1.78. The molecule has 0 bridgehead atoms. The van der Waals surface area contributed by atoms with E-state index in [2.05, 4.69) is 10.2 Å². The number of hydrogen-bond donors (Lipinski definition) is 0. The number of rotatable bonds is 5. The van der Waals surface area contributed by atoms with Gasteiger partial charge in [0.05, 0.1) is 24.4 Å². The van der Waals surface area contributed by atoms with Gasteiger partial charge in [0.2, 0.25) is 0 Å². The Balaban J connectivity index is 1.67. The van der Waals surface area contributed by atoms with Crippen LogP contribution in [0.5, 0.6) is 0 Å². The molecule has 7 heteroatoms. The van der Waals surface area contributed by atoms with E-state index < -0.39 is 0 Å². The van der Waals surface area contributed by atoms with Crippen LogP contribution >= 0.6 is 0 Å². The minimum atomic E-state index is -0.197. The van der Waals surface area contributed by atoms with Gasteiger partial charge in [-0.15, -0.1) is 10.2 Å². The van der Waals surface area contributed by atoms with Crippen LogP contribution < -0.4 is 5.56 Å². The summed E-state index contributed by atoms with van der Waals surface area (Å²) in [5.74, 6) is 0. The minimum absolute atomic E-state index is 0.197. The van der Waals surface area contributed by atoms with E-state index in [0.717, 1.165) is 22.4 Å². The zero-order valence-corrected chi connectivity index (χ0v) is 17.3. The predicted octanol–water partition coefficient (Wildman–Crippen LogP) is 3.61. The number of benzene rings is 2. The van der Waals surface area contributed by atoms with E-state index >= 15 is 0 Å². The van der Waals surface area contributed by atoms with Crippen molar-refractivity contribution in [3.05, 3.63) is 94.0 Å². The highest BCUT2D eigenvalue weighted by Crippen LogP contribution is 2.28. The average Bonchev–Trinajstić information content (AvgIpc) is 3.16. The Morgan fingerprint density at radius 1 is 0.968 bits per heavy atom. The molecule has 0 spiro atoms. The number of ether oxygens (including phenoxy) is 1. The standard InChI is InChI=1S/C24H21N5O2/c1-16-8-10-17(11-9-16)14-28-13-12-20-22(24(28)30)25-26-23-21(18-6-4-3-5-7-18)19(15-31-2)27-29(20)23/h3-13H,14-15H2,1-2H3. The Hall–Kier alpha value is -3.84. The molecule has 0 saturated carbocycles. The Morgan fingerprint density at radius 3 is 2.48 bits per heavy atom. The van der Waals surface area contributed by atoms with Crippen LogP contribution in [0.3, 0.4) is 0 Å². The van der Waals surface area contributed by atoms with Gasteiger partial charge in [0.15, 0.2) is 11.2 Å². The zero-order chi connectivity index (χ0) is 21.4. The molecular formula is C24H21N5O2. The second-order valence-electron chi connectivity index (χ2n) is 7.52. The van der Waals surface area contributed by atoms with Gasteiger partial charge < -0.3 is 9.30 Å². The summed E-state index contributed by atoms with van der Waals surface area (Å²) in [6, 6.07) is 19.9. The summed E-state index contributed by atoms with van der Waals surface area (Å²) in [6.45, 7) is 2.84. The molecule has 0 radical (unpaired) electrons. The lowest BCUT2D eigenvalue weighted by molar-refractivity contribution is 0.181. The summed E-state index contributed by atoms with van der Waals surface area (Å²) in [4.78, 5) is 13.1. The molecular weight excluding hydrogens is 390 g/mol. The number of methoxy groups -OCH3 is 1. The Bertz CT molecular complexity index is 1440. The van der Waals surface area contributed by atoms with Crippen LogP contribution in [-0.4, -0.2) is 31.5 Å². The van der Waals surface area contributed by atoms with E-state index in [1.165, 1.54) is 5.56 Å². The van der Waals surface area contributed by atoms with Gasteiger partial charge in [0.25, 0.3) is 5.56 Å². The van der Waals surface area contributed by atoms with E-state index in [0.29, 0.717) is 24.3 Å². The molecule has 0 saturated heterocycles. The van der Waals surface area contributed by atoms with Gasteiger partial charge in [-0.3, -0.25) is 4.79 Å². The van der Waals surface area contributed by atoms with Crippen molar-refractivity contribution in [2.24, 2.45) is 0 Å². The monoisotopic (exact) mass is 411 g/mol. The second-order valence-corrected chi connectivity index (χ2v) is 7.52. The molecule has 154 valence electrons. The van der Waals surface area contributed by atoms with E-state index in [9.17, 15) is 4.79 Å². The average molecular weight is 411 g/mol. The minimum Gasteiger partial charge on any atom is -0.378 e. The number of nitrogens with zero attached hydrogens (tertiary/aromatic N) is 5. The first-order valence-electron chi connectivity index (χ1n) is 10.0. The number of aromatic nitrogens is 5. The number of pyridine rings is 1. The van der Waals surface area contributed by atoms with E-state index in [1.54, 1.807) is 22.4 Å². The van der Waals surface area contributed by atoms with Crippen molar-refractivity contribution in [2.75, 3.05) is 7.11 Å². The third kappa shape index (κ3) is 3.39. The van der Waals surface area contributed by atoms with Gasteiger partial charge in [-0.1, -0.05) is 60.2 Å². The summed E-state index contributed by atoms with van der Waals surface area (Å²) in [5.41, 5.74) is 6.13. The number of fused-ring (bicyclic) bond motifs is 3. The fourth-order valence-electron chi connectivity index (χ4n) is 3.78. The van der Waals surface area contributed by atoms with Gasteiger partial charge in [-0.25, -0.2) is 4.52 Å². The van der Waals surface area contributed by atoms with Crippen LogP contribution in [0, 0.1) is 6.92 Å². The lowest BCUT2D eigenvalue weighted by Gasteiger charge is -2.08. The highest BCUT2D eigenvalue weighted by atomic mass is 16.5. The van der Waals surface area contributed by atoms with Crippen molar-refractivity contribution in [3.63, 3.8) is 0 Å². The highest BCUT2D eigenvalue weighted by molar-refractivity contribution is 5.84. The van der Waals surface area contributed by atoms with E-state index in [4.69, 9.17) is 9.84 Å². The molecule has 0 N–H and O–H groups in total. The smallest absolute Gasteiger partial charge is 0.280 e. The molecule has 2 aromatic carbocycles. The molecule has 0 aliphatic rings. The molecule has 0 amide bonds. The first-order valence-corrected chi connectivity index (χ1v) is 10.0. The summed E-state index contributed by atoms with van der Waals surface area (Å²) >= 11 is 0. The Morgan fingerprint density at radius 2 is 1.74 bits per heavy atom. The molecule has 3 aromatic heterocycles. The second kappa shape index (κ2) is 7.77. The van der Waals surface area contributed by atoms with Gasteiger partial charge >= 0.3 is 0 Å². The van der Waals surface area contributed by atoms with Gasteiger partial charge in [-0.05, 0) is 24.1 Å². The lowest BCUT2D eigenvalue weighted by atomic mass is 10.1. The van der Waals surface area contributed by atoms with E-state index in [-0.39, 0.29) is 11.1 Å². The topological polar surface area (TPSA) is 74.3 Å². The van der Waals surface area contributed by atoms with Crippen molar-refractivity contribution in [1.82, 2.24) is 24.4 Å². The molecule has 3 heterocycles. The molecule has 0 aliphatic heterocycles. The Labute approximate surface area is 178 Å². The molecule has 31 heavy (non-hydrogen) atoms. The summed E-state index contributed by atoms with van der Waals surface area (Å²) in [5, 5.41) is 13.4. The maximum atomic E-state index is 13.1. The maximum absolute atomic E-state index is 13.1. The van der Waals surface area contributed by atoms with Crippen molar-refractivity contribution in [1.29, 1.82) is 0 Å². The Kier molecular flexibility index (Phi) is 4.80. The molecule has 0 aliphatic carbocycles. The fraction of sp³-hybridized carbons (Fsp3) is 0.167. The largest absolute Gasteiger partial charge is 0.378 e. The highest BCUT2D eigenvalue weighted by Gasteiger charge is 2.19. The summed E-state index contributed by atoms with van der Waals surface area (Å²) < 4.78 is 8.69. The molecule has 7 nitrogen and oxygen atoms in total. The molecule has 0 fully saturated rings. The van der Waals surface area contributed by atoms with Crippen LogP contribution in [0.4, 0.5) is 0 Å². The van der Waals surface area contributed by atoms with Crippen molar-refractivity contribution < 1.29 is 4.74 Å². The van der Waals surface area contributed by atoms with Crippen LogP contribution in [-0.2, 0) is 17.9 Å². The van der Waals surface area contributed by atoms with E-state index in [1.807, 2.05) is 67.6 Å². The quantitative estimate of drug-likeness (QED) is 0.442. The summed E-state index contributed by atoms with van der Waals surface area (Å²) in [7, 11) is 1.63. The maximum Gasteiger partial charge on any atom is 0.280 e. The van der Waals surface area contributed by atoms with Gasteiger partial charge in [0.1, 0.15) is 5.52 Å². The van der Waals surface area contributed by atoms with Crippen LogP contribution in [0.15, 0.2) is 71.7 Å². The van der Waals surface area contributed by atoms with Crippen LogP contribution in [0.2, 0.25) is 0 Å². The lowest BCUT2D eigenvalue weighted by Crippen LogP contribution is -2.22. The van der Waals surface area contributed by atoms with Crippen molar-refractivity contribution in [3.8, 4) is 11.1 Å². The first-order chi connectivity index (χ1) is 15.2. The third-order valence-electron chi connectivity index (χ3n) is 5.34.